The quantitative estimate of drug-likeness (QED) is 0.384. The Bertz CT molecular complexity index is 1150. The van der Waals surface area contributed by atoms with Crippen LogP contribution in [0.25, 0.3) is 22.5 Å². The molecule has 6 rings (SSSR count). The highest BCUT2D eigenvalue weighted by Gasteiger charge is 2.30. The Morgan fingerprint density at radius 2 is 1.67 bits per heavy atom. The van der Waals surface area contributed by atoms with Crippen molar-refractivity contribution in [2.45, 2.75) is 63.3 Å². The summed E-state index contributed by atoms with van der Waals surface area (Å²) in [6.07, 6.45) is 13.3. The van der Waals surface area contributed by atoms with E-state index in [9.17, 15) is 5.21 Å². The Labute approximate surface area is 195 Å². The molecule has 0 amide bonds. The van der Waals surface area contributed by atoms with Crippen LogP contribution < -0.4 is 0 Å². The lowest BCUT2D eigenvalue weighted by atomic mass is 9.92. The number of furan rings is 1. The van der Waals surface area contributed by atoms with Crippen LogP contribution in [0.1, 0.15) is 67.8 Å². The molecule has 3 heterocycles. The third kappa shape index (κ3) is 3.89. The number of benzene rings is 1. The summed E-state index contributed by atoms with van der Waals surface area (Å²) in [5, 5.41) is 12.8. The minimum Gasteiger partial charge on any atom is -0.460 e. The van der Waals surface area contributed by atoms with Gasteiger partial charge in [0.25, 0.3) is 0 Å². The number of likely N-dealkylation sites (tertiary alicyclic amines) is 1. The molecule has 3 aromatic rings. The second kappa shape index (κ2) is 8.79. The second-order valence-electron chi connectivity index (χ2n) is 9.79. The number of piperidine rings is 1. The van der Waals surface area contributed by atoms with Gasteiger partial charge in [-0.05, 0) is 87.0 Å². The van der Waals surface area contributed by atoms with E-state index in [1.54, 1.807) is 0 Å². The van der Waals surface area contributed by atoms with E-state index in [1.807, 2.05) is 12.4 Å². The van der Waals surface area contributed by atoms with Crippen LogP contribution in [0.2, 0.25) is 0 Å². The van der Waals surface area contributed by atoms with Gasteiger partial charge in [0.05, 0.1) is 5.71 Å². The van der Waals surface area contributed by atoms with Gasteiger partial charge in [-0.3, -0.25) is 4.98 Å². The number of aromatic nitrogens is 1. The van der Waals surface area contributed by atoms with E-state index < -0.39 is 0 Å². The molecule has 0 spiro atoms. The van der Waals surface area contributed by atoms with E-state index in [1.165, 1.54) is 57.2 Å². The van der Waals surface area contributed by atoms with Crippen LogP contribution in [-0.2, 0) is 6.42 Å². The number of rotatable bonds is 4. The summed E-state index contributed by atoms with van der Waals surface area (Å²) in [5.74, 6) is 2.52. The van der Waals surface area contributed by atoms with E-state index in [-0.39, 0.29) is 0 Å². The molecular weight excluding hydrogens is 410 g/mol. The average molecular weight is 442 g/mol. The molecule has 1 aromatic carbocycles. The van der Waals surface area contributed by atoms with Crippen molar-refractivity contribution >= 4 is 5.71 Å². The molecule has 0 unspecified atom stereocenters. The smallest absolute Gasteiger partial charge is 0.142 e. The molecule has 1 aliphatic heterocycles. The molecule has 170 valence electrons. The highest BCUT2D eigenvalue weighted by atomic mass is 16.4. The molecule has 1 saturated heterocycles. The number of pyridine rings is 1. The Balaban J connectivity index is 1.32. The number of nitrogens with zero attached hydrogens (tertiary/aromatic N) is 3. The predicted molar refractivity (Wildman–Crippen MR) is 130 cm³/mol. The van der Waals surface area contributed by atoms with E-state index in [2.05, 4.69) is 51.4 Å². The zero-order valence-electron chi connectivity index (χ0n) is 19.0. The van der Waals surface area contributed by atoms with Gasteiger partial charge in [-0.1, -0.05) is 30.1 Å². The van der Waals surface area contributed by atoms with Crippen LogP contribution in [0.5, 0.6) is 0 Å². The molecule has 3 aliphatic rings. The summed E-state index contributed by atoms with van der Waals surface area (Å²) >= 11 is 0. The highest BCUT2D eigenvalue weighted by Crippen LogP contribution is 2.41. The first-order chi connectivity index (χ1) is 16.3. The topological polar surface area (TPSA) is 61.9 Å². The van der Waals surface area contributed by atoms with Crippen LogP contribution in [0, 0.1) is 0 Å². The van der Waals surface area contributed by atoms with E-state index in [0.29, 0.717) is 5.92 Å². The first-order valence-electron chi connectivity index (χ1n) is 12.4. The number of oxime groups is 1. The maximum atomic E-state index is 9.29. The van der Waals surface area contributed by atoms with Crippen LogP contribution in [-0.4, -0.2) is 39.9 Å². The minimum atomic E-state index is 0.472. The fourth-order valence-electron chi connectivity index (χ4n) is 6.11. The van der Waals surface area contributed by atoms with Crippen molar-refractivity contribution in [3.63, 3.8) is 0 Å². The molecule has 2 fully saturated rings. The van der Waals surface area contributed by atoms with E-state index in [4.69, 9.17) is 4.42 Å². The van der Waals surface area contributed by atoms with Crippen LogP contribution in [0.4, 0.5) is 0 Å². The first-order valence-corrected chi connectivity index (χ1v) is 12.4. The Hall–Kier alpha value is -2.92. The van der Waals surface area contributed by atoms with Crippen molar-refractivity contribution in [1.29, 1.82) is 0 Å². The predicted octanol–water partition coefficient (Wildman–Crippen LogP) is 6.26. The lowest BCUT2D eigenvalue weighted by Crippen LogP contribution is -2.39. The van der Waals surface area contributed by atoms with E-state index >= 15 is 0 Å². The van der Waals surface area contributed by atoms with Crippen LogP contribution in [0.15, 0.2) is 58.4 Å². The zero-order valence-corrected chi connectivity index (χ0v) is 19.0. The van der Waals surface area contributed by atoms with Gasteiger partial charge < -0.3 is 14.5 Å². The zero-order chi connectivity index (χ0) is 22.2. The molecule has 0 radical (unpaired) electrons. The fourth-order valence-corrected chi connectivity index (χ4v) is 6.11. The minimum absolute atomic E-state index is 0.472. The third-order valence-electron chi connectivity index (χ3n) is 7.95. The first kappa shape index (κ1) is 20.7. The summed E-state index contributed by atoms with van der Waals surface area (Å²) in [5.41, 5.74) is 6.42. The second-order valence-corrected chi connectivity index (χ2v) is 9.79. The normalized spacial score (nSPS) is 21.2. The Morgan fingerprint density at radius 1 is 0.879 bits per heavy atom. The largest absolute Gasteiger partial charge is 0.460 e. The maximum absolute atomic E-state index is 9.29. The lowest BCUT2D eigenvalue weighted by Gasteiger charge is -2.35. The summed E-state index contributed by atoms with van der Waals surface area (Å²) in [7, 11) is 0. The maximum Gasteiger partial charge on any atom is 0.142 e. The Kier molecular flexibility index (Phi) is 5.50. The highest BCUT2D eigenvalue weighted by molar-refractivity contribution is 6.04. The molecule has 2 aliphatic carbocycles. The van der Waals surface area contributed by atoms with Gasteiger partial charge in [0, 0.05) is 41.0 Å². The molecule has 33 heavy (non-hydrogen) atoms. The van der Waals surface area contributed by atoms with Crippen molar-refractivity contribution in [3.8, 4) is 22.5 Å². The molecule has 0 bridgehead atoms. The number of hydrogen-bond acceptors (Lipinski definition) is 5. The lowest BCUT2D eigenvalue weighted by molar-refractivity contribution is 0.148. The van der Waals surface area contributed by atoms with Gasteiger partial charge in [-0.2, -0.15) is 0 Å². The van der Waals surface area contributed by atoms with Gasteiger partial charge in [0.1, 0.15) is 11.5 Å². The summed E-state index contributed by atoms with van der Waals surface area (Å²) in [6, 6.07) is 13.6. The molecular formula is C28H31N3O2. The van der Waals surface area contributed by atoms with Crippen LogP contribution >= 0.6 is 0 Å². The molecule has 1 saturated carbocycles. The fraction of sp³-hybridized carbons (Fsp3) is 0.429. The van der Waals surface area contributed by atoms with Gasteiger partial charge in [-0.25, -0.2) is 0 Å². The molecule has 5 heteroatoms. The number of fused-ring (bicyclic) bond motifs is 1. The molecule has 2 aromatic heterocycles. The molecule has 1 N–H and O–H groups in total. The number of hydrogen-bond donors (Lipinski definition) is 1. The van der Waals surface area contributed by atoms with Gasteiger partial charge in [-0.15, -0.1) is 0 Å². The van der Waals surface area contributed by atoms with Crippen molar-refractivity contribution in [3.05, 3.63) is 65.7 Å². The van der Waals surface area contributed by atoms with Crippen molar-refractivity contribution in [2.24, 2.45) is 5.16 Å². The van der Waals surface area contributed by atoms with Crippen molar-refractivity contribution in [1.82, 2.24) is 9.88 Å². The van der Waals surface area contributed by atoms with Gasteiger partial charge >= 0.3 is 0 Å². The standard InChI is InChI=1S/C28H31N3O2/c32-30-26-8-6-21-17-22(5-7-24(21)26)28-25(19-9-13-29-14-10-19)18-27(33-28)20-11-15-31(16-12-20)23-3-1-2-4-23/h5,7,9-10,13-14,17-18,20,23,32H,1-4,6,8,11-12,15-16H2. The SMILES string of the molecule is ON=C1CCc2cc(-c3oc(C4CCN(C5CCCC5)CC4)cc3-c3ccncc3)ccc21. The monoisotopic (exact) mass is 441 g/mol. The molecule has 5 nitrogen and oxygen atoms in total. The third-order valence-corrected chi connectivity index (χ3v) is 7.95. The van der Waals surface area contributed by atoms with Crippen LogP contribution in [0.3, 0.4) is 0 Å². The molecule has 0 atom stereocenters. The summed E-state index contributed by atoms with van der Waals surface area (Å²) in [6.45, 7) is 2.36. The van der Waals surface area contributed by atoms with E-state index in [0.717, 1.165) is 58.4 Å². The Morgan fingerprint density at radius 3 is 2.42 bits per heavy atom. The van der Waals surface area contributed by atoms with Gasteiger partial charge in [0.2, 0.25) is 0 Å². The summed E-state index contributed by atoms with van der Waals surface area (Å²) < 4.78 is 6.65. The van der Waals surface area contributed by atoms with Crippen molar-refractivity contribution < 1.29 is 9.62 Å². The average Bonchev–Trinajstić information content (AvgIpc) is 3.64. The number of aryl methyl sites for hydroxylation is 1. The summed E-state index contributed by atoms with van der Waals surface area (Å²) in [4.78, 5) is 6.93. The van der Waals surface area contributed by atoms with Gasteiger partial charge in [0.15, 0.2) is 0 Å². The van der Waals surface area contributed by atoms with Crippen molar-refractivity contribution in [2.75, 3.05) is 13.1 Å².